The highest BCUT2D eigenvalue weighted by molar-refractivity contribution is 8.18. The van der Waals surface area contributed by atoms with Gasteiger partial charge in [0.15, 0.2) is 6.61 Å². The molecule has 4 rings (SSSR count). The number of methoxy groups -OCH3 is 1. The van der Waals surface area contributed by atoms with Gasteiger partial charge in [-0.1, -0.05) is 41.9 Å². The molecule has 0 bridgehead atoms. The number of carbonyl (C=O) groups is 5. The number of esters is 1. The molecular formula is C29H24ClN3O7S. The molecule has 1 fully saturated rings. The highest BCUT2D eigenvalue weighted by Gasteiger charge is 2.36. The van der Waals surface area contributed by atoms with Gasteiger partial charge in [0, 0.05) is 11.4 Å². The van der Waals surface area contributed by atoms with Gasteiger partial charge in [-0.2, -0.15) is 0 Å². The van der Waals surface area contributed by atoms with Crippen molar-refractivity contribution in [1.82, 2.24) is 4.90 Å². The van der Waals surface area contributed by atoms with Crippen molar-refractivity contribution in [3.8, 4) is 5.75 Å². The predicted molar refractivity (Wildman–Crippen MR) is 156 cm³/mol. The van der Waals surface area contributed by atoms with Crippen molar-refractivity contribution in [3.63, 3.8) is 0 Å². The van der Waals surface area contributed by atoms with Crippen LogP contribution in [0.15, 0.2) is 71.6 Å². The van der Waals surface area contributed by atoms with Gasteiger partial charge in [-0.15, -0.1) is 0 Å². The second kappa shape index (κ2) is 13.2. The van der Waals surface area contributed by atoms with Crippen molar-refractivity contribution in [1.29, 1.82) is 0 Å². The summed E-state index contributed by atoms with van der Waals surface area (Å²) in [5.74, 6) is -1.79. The maximum absolute atomic E-state index is 12.8. The zero-order valence-electron chi connectivity index (χ0n) is 21.9. The van der Waals surface area contributed by atoms with Crippen molar-refractivity contribution in [2.24, 2.45) is 0 Å². The van der Waals surface area contributed by atoms with Gasteiger partial charge in [0.1, 0.15) is 12.3 Å². The van der Waals surface area contributed by atoms with Crippen molar-refractivity contribution in [2.75, 3.05) is 30.9 Å². The molecule has 41 heavy (non-hydrogen) atoms. The van der Waals surface area contributed by atoms with Crippen LogP contribution < -0.4 is 15.4 Å². The standard InChI is InChI=1S/C29H24ClN3O7S/c1-17-5-3-4-6-23(17)32-26(35)16-40-20-10-7-18(8-11-20)13-24-27(36)33(29(38)41-24)15-25(34)31-19-9-12-22(30)21(14-19)28(37)39-2/h3-14H,15-16H2,1-2H3,(H,31,34)(H,32,35)/b24-13-. The van der Waals surface area contributed by atoms with E-state index in [0.717, 1.165) is 10.5 Å². The number of ether oxygens (including phenoxy) is 2. The number of imide groups is 1. The Kier molecular flexibility index (Phi) is 9.43. The van der Waals surface area contributed by atoms with Crippen molar-refractivity contribution in [3.05, 3.63) is 93.3 Å². The minimum atomic E-state index is -0.676. The van der Waals surface area contributed by atoms with Gasteiger partial charge in [0.25, 0.3) is 17.1 Å². The zero-order chi connectivity index (χ0) is 29.5. The van der Waals surface area contributed by atoms with Crippen LogP contribution in [0.4, 0.5) is 16.2 Å². The molecule has 0 saturated carbocycles. The Morgan fingerprint density at radius 2 is 1.71 bits per heavy atom. The van der Waals surface area contributed by atoms with Gasteiger partial charge in [-0.3, -0.25) is 24.1 Å². The fourth-order valence-electron chi connectivity index (χ4n) is 3.71. The Balaban J connectivity index is 1.32. The van der Waals surface area contributed by atoms with Crippen molar-refractivity contribution >= 4 is 69.7 Å². The number of thioether (sulfide) groups is 1. The Labute approximate surface area is 244 Å². The quantitative estimate of drug-likeness (QED) is 0.258. The number of rotatable bonds is 9. The second-order valence-electron chi connectivity index (χ2n) is 8.72. The number of hydrogen-bond donors (Lipinski definition) is 2. The molecule has 3 aromatic carbocycles. The number of hydrogen-bond acceptors (Lipinski definition) is 8. The summed E-state index contributed by atoms with van der Waals surface area (Å²) < 4.78 is 10.2. The van der Waals surface area contributed by atoms with E-state index in [9.17, 15) is 24.0 Å². The molecule has 0 unspecified atom stereocenters. The molecule has 3 aromatic rings. The average molecular weight is 594 g/mol. The highest BCUT2D eigenvalue weighted by Crippen LogP contribution is 2.32. The molecular weight excluding hydrogens is 570 g/mol. The van der Waals surface area contributed by atoms with Gasteiger partial charge in [-0.25, -0.2) is 4.79 Å². The maximum Gasteiger partial charge on any atom is 0.339 e. The molecule has 1 heterocycles. The number of nitrogens with zero attached hydrogens (tertiary/aromatic N) is 1. The fraction of sp³-hybridized carbons (Fsp3) is 0.138. The lowest BCUT2D eigenvalue weighted by molar-refractivity contribution is -0.127. The van der Waals surface area contributed by atoms with Gasteiger partial charge in [-0.05, 0) is 72.3 Å². The zero-order valence-corrected chi connectivity index (χ0v) is 23.5. The van der Waals surface area contributed by atoms with Crippen LogP contribution in [0.3, 0.4) is 0 Å². The summed E-state index contributed by atoms with van der Waals surface area (Å²) in [6, 6.07) is 18.3. The summed E-state index contributed by atoms with van der Waals surface area (Å²) in [5.41, 5.74) is 2.57. The number of anilines is 2. The van der Waals surface area contributed by atoms with E-state index >= 15 is 0 Å². The van der Waals surface area contributed by atoms with Crippen LogP contribution in [0.2, 0.25) is 5.02 Å². The van der Waals surface area contributed by atoms with Crippen molar-refractivity contribution < 1.29 is 33.4 Å². The summed E-state index contributed by atoms with van der Waals surface area (Å²) in [7, 11) is 1.20. The number of halogens is 1. The molecule has 1 aliphatic heterocycles. The van der Waals surface area contributed by atoms with Crippen LogP contribution in [-0.2, 0) is 19.1 Å². The number of carbonyl (C=O) groups excluding carboxylic acids is 5. The van der Waals surface area contributed by atoms with E-state index in [-0.39, 0.29) is 33.7 Å². The molecule has 0 aliphatic carbocycles. The summed E-state index contributed by atoms with van der Waals surface area (Å²) >= 11 is 6.70. The molecule has 2 N–H and O–H groups in total. The third kappa shape index (κ3) is 7.53. The lowest BCUT2D eigenvalue weighted by atomic mass is 10.2. The molecule has 1 aliphatic rings. The highest BCUT2D eigenvalue weighted by atomic mass is 35.5. The molecule has 0 aromatic heterocycles. The normalized spacial score (nSPS) is 13.7. The minimum absolute atomic E-state index is 0.0584. The minimum Gasteiger partial charge on any atom is -0.484 e. The van der Waals surface area contributed by atoms with Crippen LogP contribution in [0.1, 0.15) is 21.5 Å². The lowest BCUT2D eigenvalue weighted by Gasteiger charge is -2.13. The average Bonchev–Trinajstić information content (AvgIpc) is 3.21. The van der Waals surface area contributed by atoms with Crippen LogP contribution in [-0.4, -0.2) is 54.1 Å². The van der Waals surface area contributed by atoms with Gasteiger partial charge in [0.2, 0.25) is 5.91 Å². The SMILES string of the molecule is COC(=O)c1cc(NC(=O)CN2C(=O)S/C(=C\c3ccc(OCC(=O)Nc4ccccc4C)cc3)C2=O)ccc1Cl. The summed E-state index contributed by atoms with van der Waals surface area (Å²) in [6.45, 7) is 1.19. The van der Waals surface area contributed by atoms with E-state index in [1.807, 2.05) is 25.1 Å². The van der Waals surface area contributed by atoms with E-state index in [1.54, 1.807) is 30.3 Å². The Morgan fingerprint density at radius 3 is 2.41 bits per heavy atom. The predicted octanol–water partition coefficient (Wildman–Crippen LogP) is 5.13. The molecule has 1 saturated heterocycles. The number of benzene rings is 3. The number of para-hydroxylation sites is 1. The third-order valence-electron chi connectivity index (χ3n) is 5.80. The monoisotopic (exact) mass is 593 g/mol. The summed E-state index contributed by atoms with van der Waals surface area (Å²) in [5, 5.41) is 4.88. The van der Waals surface area contributed by atoms with E-state index < -0.39 is 29.6 Å². The van der Waals surface area contributed by atoms with Crippen LogP contribution in [0, 0.1) is 6.92 Å². The molecule has 0 radical (unpaired) electrons. The lowest BCUT2D eigenvalue weighted by Crippen LogP contribution is -2.36. The third-order valence-corrected chi connectivity index (χ3v) is 7.03. The van der Waals surface area contributed by atoms with Gasteiger partial charge in [0.05, 0.1) is 22.6 Å². The first kappa shape index (κ1) is 29.4. The summed E-state index contributed by atoms with van der Waals surface area (Å²) in [6.07, 6.45) is 1.53. The molecule has 12 heteroatoms. The summed E-state index contributed by atoms with van der Waals surface area (Å²) in [4.78, 5) is 62.9. The number of aryl methyl sites for hydroxylation is 1. The number of amides is 4. The molecule has 0 spiro atoms. The van der Waals surface area contributed by atoms with Crippen molar-refractivity contribution in [2.45, 2.75) is 6.92 Å². The van der Waals surface area contributed by atoms with Crippen LogP contribution >= 0.6 is 23.4 Å². The van der Waals surface area contributed by atoms with E-state index in [1.165, 1.54) is 31.4 Å². The molecule has 210 valence electrons. The Morgan fingerprint density at radius 1 is 0.976 bits per heavy atom. The van der Waals surface area contributed by atoms with Crippen LogP contribution in [0.25, 0.3) is 6.08 Å². The Bertz CT molecular complexity index is 1560. The first-order chi connectivity index (χ1) is 19.6. The maximum atomic E-state index is 12.8. The first-order valence-electron chi connectivity index (χ1n) is 12.2. The van der Waals surface area contributed by atoms with Gasteiger partial charge < -0.3 is 20.1 Å². The topological polar surface area (TPSA) is 131 Å². The fourth-order valence-corrected chi connectivity index (χ4v) is 4.74. The van der Waals surface area contributed by atoms with E-state index in [0.29, 0.717) is 28.8 Å². The molecule has 0 atom stereocenters. The smallest absolute Gasteiger partial charge is 0.339 e. The largest absolute Gasteiger partial charge is 0.484 e. The van der Waals surface area contributed by atoms with Gasteiger partial charge >= 0.3 is 5.97 Å². The molecule has 4 amide bonds. The van der Waals surface area contributed by atoms with E-state index in [2.05, 4.69) is 15.4 Å². The second-order valence-corrected chi connectivity index (χ2v) is 10.1. The first-order valence-corrected chi connectivity index (χ1v) is 13.4. The molecule has 10 nitrogen and oxygen atoms in total. The number of nitrogens with one attached hydrogen (secondary N) is 2. The Hall–Kier alpha value is -4.61. The van der Waals surface area contributed by atoms with Crippen LogP contribution in [0.5, 0.6) is 5.75 Å². The van der Waals surface area contributed by atoms with E-state index in [4.69, 9.17) is 16.3 Å².